The molecule has 2 rings (SSSR count). The molecule has 1 aromatic carbocycles. The van der Waals surface area contributed by atoms with Crippen LogP contribution in [0.25, 0.3) is 0 Å². The molecule has 82 valence electrons. The molecule has 0 amide bonds. The number of likely N-dealkylation sites (tertiary alicyclic amines) is 1. The van der Waals surface area contributed by atoms with Crippen molar-refractivity contribution >= 4 is 0 Å². The van der Waals surface area contributed by atoms with Crippen molar-refractivity contribution in [2.45, 2.75) is 32.2 Å². The van der Waals surface area contributed by atoms with Crippen LogP contribution >= 0.6 is 0 Å². The number of hydrogen-bond acceptors (Lipinski definition) is 0. The summed E-state index contributed by atoms with van der Waals surface area (Å²) in [6, 6.07) is 7.16. The van der Waals surface area contributed by atoms with Gasteiger partial charge in [0.25, 0.3) is 0 Å². The molecule has 1 aliphatic heterocycles. The summed E-state index contributed by atoms with van der Waals surface area (Å²) in [7, 11) is 0. The van der Waals surface area contributed by atoms with Gasteiger partial charge in [-0.05, 0) is 31.7 Å². The lowest BCUT2D eigenvalue weighted by Crippen LogP contribution is -3.10. The van der Waals surface area contributed by atoms with Gasteiger partial charge in [-0.3, -0.25) is 0 Å². The third kappa shape index (κ3) is 3.03. The van der Waals surface area contributed by atoms with Gasteiger partial charge in [-0.2, -0.15) is 0 Å². The summed E-state index contributed by atoms with van der Waals surface area (Å²) in [5, 5.41) is 0. The molecule has 0 bridgehead atoms. The highest BCUT2D eigenvalue weighted by atomic mass is 19.1. The van der Waals surface area contributed by atoms with Crippen LogP contribution in [0.15, 0.2) is 24.3 Å². The van der Waals surface area contributed by atoms with Crippen LogP contribution in [-0.4, -0.2) is 13.1 Å². The molecule has 1 N–H and O–H groups in total. The van der Waals surface area contributed by atoms with E-state index in [0.29, 0.717) is 0 Å². The monoisotopic (exact) mass is 208 g/mol. The molecule has 1 nitrogen and oxygen atoms in total. The average Bonchev–Trinajstić information content (AvgIpc) is 2.50. The molecule has 0 radical (unpaired) electrons. The van der Waals surface area contributed by atoms with Crippen molar-refractivity contribution in [2.24, 2.45) is 0 Å². The first kappa shape index (κ1) is 10.6. The second kappa shape index (κ2) is 5.26. The fourth-order valence-corrected chi connectivity index (χ4v) is 2.32. The predicted octanol–water partition coefficient (Wildman–Crippen LogP) is 1.78. The first-order valence-corrected chi connectivity index (χ1v) is 5.93. The second-order valence-electron chi connectivity index (χ2n) is 4.43. The molecular formula is C13H19FN+. The molecule has 0 atom stereocenters. The number of quaternary nitrogens is 1. The largest absolute Gasteiger partial charge is 0.331 e. The van der Waals surface area contributed by atoms with Crippen LogP contribution in [0.1, 0.15) is 31.2 Å². The highest BCUT2D eigenvalue weighted by molar-refractivity contribution is 5.15. The van der Waals surface area contributed by atoms with Crippen molar-refractivity contribution in [2.75, 3.05) is 13.1 Å². The average molecular weight is 208 g/mol. The molecule has 0 unspecified atom stereocenters. The van der Waals surface area contributed by atoms with E-state index in [1.807, 2.05) is 12.1 Å². The Labute approximate surface area is 90.9 Å². The van der Waals surface area contributed by atoms with E-state index in [2.05, 4.69) is 0 Å². The molecule has 1 saturated heterocycles. The zero-order valence-electron chi connectivity index (χ0n) is 9.14. The van der Waals surface area contributed by atoms with Gasteiger partial charge in [-0.25, -0.2) is 4.39 Å². The van der Waals surface area contributed by atoms with Gasteiger partial charge in [0.15, 0.2) is 0 Å². The van der Waals surface area contributed by atoms with Crippen molar-refractivity contribution in [3.63, 3.8) is 0 Å². The molecule has 1 fully saturated rings. The molecule has 0 aromatic heterocycles. The molecule has 0 spiro atoms. The first-order valence-electron chi connectivity index (χ1n) is 5.93. The topological polar surface area (TPSA) is 4.44 Å². The van der Waals surface area contributed by atoms with E-state index >= 15 is 0 Å². The van der Waals surface area contributed by atoms with E-state index in [4.69, 9.17) is 0 Å². The smallest absolute Gasteiger partial charge is 0.132 e. The Balaban J connectivity index is 1.98. The van der Waals surface area contributed by atoms with Crippen LogP contribution in [0.2, 0.25) is 0 Å². The molecule has 1 aliphatic rings. The van der Waals surface area contributed by atoms with Crippen molar-refractivity contribution in [1.29, 1.82) is 0 Å². The highest BCUT2D eigenvalue weighted by Crippen LogP contribution is 2.05. The van der Waals surface area contributed by atoms with Crippen LogP contribution in [0, 0.1) is 5.82 Å². The zero-order chi connectivity index (χ0) is 10.5. The van der Waals surface area contributed by atoms with E-state index in [1.165, 1.54) is 43.7 Å². The van der Waals surface area contributed by atoms with Gasteiger partial charge in [-0.1, -0.05) is 18.2 Å². The maximum absolute atomic E-state index is 13.4. The minimum atomic E-state index is -0.0470. The third-order valence-corrected chi connectivity index (χ3v) is 3.21. The van der Waals surface area contributed by atoms with Gasteiger partial charge < -0.3 is 4.90 Å². The minimum Gasteiger partial charge on any atom is -0.331 e. The summed E-state index contributed by atoms with van der Waals surface area (Å²) >= 11 is 0. The Hall–Kier alpha value is -0.890. The van der Waals surface area contributed by atoms with E-state index in [0.717, 1.165) is 12.1 Å². The molecular weight excluding hydrogens is 189 g/mol. The van der Waals surface area contributed by atoms with Gasteiger partial charge >= 0.3 is 0 Å². The lowest BCUT2D eigenvalue weighted by atomic mass is 10.2. The SMILES string of the molecule is Fc1ccccc1C[NH+]1CCCCCC1. The zero-order valence-corrected chi connectivity index (χ0v) is 9.14. The normalized spacial score (nSPS) is 18.7. The second-order valence-corrected chi connectivity index (χ2v) is 4.43. The number of rotatable bonds is 2. The molecule has 1 aromatic rings. The van der Waals surface area contributed by atoms with Gasteiger partial charge in [0.1, 0.15) is 12.4 Å². The van der Waals surface area contributed by atoms with Gasteiger partial charge in [0.2, 0.25) is 0 Å². The summed E-state index contributed by atoms with van der Waals surface area (Å²) in [4.78, 5) is 1.54. The van der Waals surface area contributed by atoms with Crippen LogP contribution < -0.4 is 4.90 Å². The molecule has 1 heterocycles. The Kier molecular flexibility index (Phi) is 3.73. The fourth-order valence-electron chi connectivity index (χ4n) is 2.32. The maximum Gasteiger partial charge on any atom is 0.132 e. The predicted molar refractivity (Wildman–Crippen MR) is 59.3 cm³/mol. The molecule has 0 aliphatic carbocycles. The Morgan fingerprint density at radius 2 is 1.67 bits per heavy atom. The standard InChI is InChI=1S/C13H18FN/c14-13-8-4-3-7-12(13)11-15-9-5-1-2-6-10-15/h3-4,7-8H,1-2,5-6,9-11H2/p+1. The lowest BCUT2D eigenvalue weighted by molar-refractivity contribution is -0.913. The summed E-state index contributed by atoms with van der Waals surface area (Å²) in [5.74, 6) is -0.0470. The van der Waals surface area contributed by atoms with Gasteiger partial charge in [-0.15, -0.1) is 0 Å². The Morgan fingerprint density at radius 1 is 1.00 bits per heavy atom. The van der Waals surface area contributed by atoms with Crippen molar-refractivity contribution < 1.29 is 9.29 Å². The van der Waals surface area contributed by atoms with E-state index < -0.39 is 0 Å². The molecule has 15 heavy (non-hydrogen) atoms. The van der Waals surface area contributed by atoms with Crippen LogP contribution in [0.5, 0.6) is 0 Å². The van der Waals surface area contributed by atoms with Crippen molar-refractivity contribution in [3.8, 4) is 0 Å². The van der Waals surface area contributed by atoms with E-state index in [-0.39, 0.29) is 5.82 Å². The lowest BCUT2D eigenvalue weighted by Gasteiger charge is -2.17. The third-order valence-electron chi connectivity index (χ3n) is 3.21. The van der Waals surface area contributed by atoms with Crippen molar-refractivity contribution in [1.82, 2.24) is 0 Å². The van der Waals surface area contributed by atoms with Gasteiger partial charge in [0.05, 0.1) is 13.1 Å². The summed E-state index contributed by atoms with van der Waals surface area (Å²) < 4.78 is 13.4. The maximum atomic E-state index is 13.4. The van der Waals surface area contributed by atoms with E-state index in [9.17, 15) is 4.39 Å². The quantitative estimate of drug-likeness (QED) is 0.755. The number of halogens is 1. The fraction of sp³-hybridized carbons (Fsp3) is 0.538. The van der Waals surface area contributed by atoms with Crippen molar-refractivity contribution in [3.05, 3.63) is 35.6 Å². The van der Waals surface area contributed by atoms with E-state index in [1.54, 1.807) is 12.1 Å². The summed E-state index contributed by atoms with van der Waals surface area (Å²) in [5.41, 5.74) is 0.870. The summed E-state index contributed by atoms with van der Waals surface area (Å²) in [6.07, 6.45) is 5.29. The molecule has 2 heteroatoms. The Bertz CT molecular complexity index is 303. The minimum absolute atomic E-state index is 0.0470. The van der Waals surface area contributed by atoms with Gasteiger partial charge in [0, 0.05) is 5.56 Å². The number of hydrogen-bond donors (Lipinski definition) is 1. The summed E-state index contributed by atoms with van der Waals surface area (Å²) in [6.45, 7) is 3.26. The number of nitrogens with one attached hydrogen (secondary N) is 1. The van der Waals surface area contributed by atoms with Crippen LogP contribution in [0.3, 0.4) is 0 Å². The number of benzene rings is 1. The molecule has 0 saturated carbocycles. The highest BCUT2D eigenvalue weighted by Gasteiger charge is 2.14. The first-order chi connectivity index (χ1) is 7.36. The Morgan fingerprint density at radius 3 is 2.33 bits per heavy atom. The van der Waals surface area contributed by atoms with Crippen LogP contribution in [0.4, 0.5) is 4.39 Å². The van der Waals surface area contributed by atoms with Crippen LogP contribution in [-0.2, 0) is 6.54 Å².